The first-order valence-electron chi connectivity index (χ1n) is 11.3. The number of carbonyl (C=O) groups is 3. The van der Waals surface area contributed by atoms with Crippen molar-refractivity contribution in [1.29, 1.82) is 0 Å². The zero-order chi connectivity index (χ0) is 28.2. The van der Waals surface area contributed by atoms with Crippen LogP contribution in [0.4, 0.5) is 35.2 Å². The van der Waals surface area contributed by atoms with E-state index in [9.17, 15) is 27.6 Å². The third-order valence-corrected chi connectivity index (χ3v) is 5.65. The minimum Gasteiger partial charge on any atom is -0.481 e. The van der Waals surface area contributed by atoms with Crippen molar-refractivity contribution in [3.05, 3.63) is 65.7 Å². The van der Waals surface area contributed by atoms with Crippen LogP contribution < -0.4 is 16.0 Å². The highest BCUT2D eigenvalue weighted by molar-refractivity contribution is 6.31. The van der Waals surface area contributed by atoms with Gasteiger partial charge in [-0.2, -0.15) is 13.2 Å². The summed E-state index contributed by atoms with van der Waals surface area (Å²) in [6, 6.07) is 8.70. The summed E-state index contributed by atoms with van der Waals surface area (Å²) in [7, 11) is 0. The molecule has 2 heterocycles. The van der Waals surface area contributed by atoms with Crippen LogP contribution >= 0.6 is 11.6 Å². The number of aromatic nitrogens is 4. The van der Waals surface area contributed by atoms with Crippen LogP contribution in [0.25, 0.3) is 16.9 Å². The molecule has 202 valence electrons. The van der Waals surface area contributed by atoms with Crippen LogP contribution in [0.1, 0.15) is 24.8 Å². The Bertz CT molecular complexity index is 1540. The zero-order valence-electron chi connectivity index (χ0n) is 19.8. The van der Waals surface area contributed by atoms with Gasteiger partial charge in [0.2, 0.25) is 5.91 Å². The first kappa shape index (κ1) is 27.3. The molecule has 4 aromatic rings. The minimum atomic E-state index is -4.67. The maximum atomic E-state index is 13.0. The van der Waals surface area contributed by atoms with Gasteiger partial charge in [-0.1, -0.05) is 11.6 Å². The molecule has 4 N–H and O–H groups in total. The molecule has 0 bridgehead atoms. The Labute approximate surface area is 223 Å². The van der Waals surface area contributed by atoms with Gasteiger partial charge >= 0.3 is 18.2 Å². The molecule has 39 heavy (non-hydrogen) atoms. The van der Waals surface area contributed by atoms with Crippen LogP contribution in [0.2, 0.25) is 5.02 Å². The van der Waals surface area contributed by atoms with Crippen LogP contribution in [0.5, 0.6) is 0 Å². The average Bonchev–Trinajstić information content (AvgIpc) is 3.30. The van der Waals surface area contributed by atoms with E-state index in [0.29, 0.717) is 22.5 Å². The number of hydrogen-bond acceptors (Lipinski definition) is 6. The molecular weight excluding hydrogens is 543 g/mol. The number of alkyl halides is 3. The number of urea groups is 1. The van der Waals surface area contributed by atoms with E-state index in [-0.39, 0.29) is 30.8 Å². The highest BCUT2D eigenvalue weighted by Gasteiger charge is 2.33. The number of carboxylic acid groups (broad SMARTS) is 1. The number of fused-ring (bicyclic) bond motifs is 1. The van der Waals surface area contributed by atoms with Crippen molar-refractivity contribution in [2.24, 2.45) is 0 Å². The summed E-state index contributed by atoms with van der Waals surface area (Å²) in [5, 5.41) is 15.7. The van der Waals surface area contributed by atoms with Gasteiger partial charge in [-0.15, -0.1) is 0 Å². The van der Waals surface area contributed by atoms with Crippen molar-refractivity contribution in [3.8, 4) is 5.69 Å². The molecule has 0 aliphatic heterocycles. The Morgan fingerprint density at radius 3 is 2.31 bits per heavy atom. The third-order valence-electron chi connectivity index (χ3n) is 5.32. The van der Waals surface area contributed by atoms with Gasteiger partial charge in [-0.25, -0.2) is 19.7 Å². The molecule has 0 atom stereocenters. The number of nitrogens with one attached hydrogen (secondary N) is 3. The lowest BCUT2D eigenvalue weighted by atomic mass is 10.2. The maximum absolute atomic E-state index is 13.0. The van der Waals surface area contributed by atoms with Crippen molar-refractivity contribution in [3.63, 3.8) is 0 Å². The van der Waals surface area contributed by atoms with Crippen LogP contribution in [0.3, 0.4) is 0 Å². The number of halogens is 4. The van der Waals surface area contributed by atoms with Crippen LogP contribution in [-0.2, 0) is 15.8 Å². The number of imidazole rings is 1. The van der Waals surface area contributed by atoms with E-state index in [1.807, 2.05) is 0 Å². The fourth-order valence-electron chi connectivity index (χ4n) is 3.53. The van der Waals surface area contributed by atoms with Gasteiger partial charge in [-0.05, 0) is 48.9 Å². The molecule has 2 aromatic carbocycles. The predicted octanol–water partition coefficient (Wildman–Crippen LogP) is 5.33. The number of carbonyl (C=O) groups excluding carboxylic acids is 2. The summed E-state index contributed by atoms with van der Waals surface area (Å²) >= 11 is 5.60. The van der Waals surface area contributed by atoms with E-state index in [1.165, 1.54) is 18.7 Å². The molecule has 0 aliphatic rings. The fraction of sp³-hybridized carbons (Fsp3) is 0.167. The second-order valence-electron chi connectivity index (χ2n) is 8.12. The number of hydrogen-bond donors (Lipinski definition) is 4. The largest absolute Gasteiger partial charge is 0.481 e. The van der Waals surface area contributed by atoms with Crippen molar-refractivity contribution in [2.45, 2.75) is 25.4 Å². The molecule has 15 heteroatoms. The smallest absolute Gasteiger partial charge is 0.417 e. The zero-order valence-corrected chi connectivity index (χ0v) is 20.5. The van der Waals surface area contributed by atoms with Gasteiger partial charge in [0.05, 0.1) is 10.6 Å². The average molecular weight is 562 g/mol. The topological polar surface area (TPSA) is 151 Å². The molecule has 0 radical (unpaired) electrons. The summed E-state index contributed by atoms with van der Waals surface area (Å²) in [6.07, 6.45) is -1.91. The Kier molecular flexibility index (Phi) is 7.95. The van der Waals surface area contributed by atoms with Crippen LogP contribution in [0.15, 0.2) is 55.1 Å². The van der Waals surface area contributed by atoms with E-state index in [4.69, 9.17) is 16.7 Å². The van der Waals surface area contributed by atoms with E-state index < -0.39 is 34.7 Å². The predicted molar refractivity (Wildman–Crippen MR) is 136 cm³/mol. The highest BCUT2D eigenvalue weighted by Crippen LogP contribution is 2.36. The standard InChI is InChI=1S/C24H19ClF3N7O4/c25-17-9-6-14(10-16(17)24(26,27)28)33-23(39)32-13-4-7-15(8-5-13)35-12-31-20-21(29-11-30-22(20)35)34-18(36)2-1-3-19(37)38/h4-12H,1-3H2,(H,37,38)(H2,32,33,39)(H,29,30,34,36). The second-order valence-corrected chi connectivity index (χ2v) is 8.53. The molecule has 0 spiro atoms. The number of benzene rings is 2. The Balaban J connectivity index is 1.43. The van der Waals surface area contributed by atoms with Gasteiger partial charge in [0.25, 0.3) is 0 Å². The number of anilines is 3. The van der Waals surface area contributed by atoms with E-state index in [2.05, 4.69) is 30.9 Å². The number of rotatable bonds is 8. The monoisotopic (exact) mass is 561 g/mol. The first-order chi connectivity index (χ1) is 18.5. The summed E-state index contributed by atoms with van der Waals surface area (Å²) in [6.45, 7) is 0. The van der Waals surface area contributed by atoms with E-state index >= 15 is 0 Å². The lowest BCUT2D eigenvalue weighted by Gasteiger charge is -2.12. The molecule has 4 rings (SSSR count). The van der Waals surface area contributed by atoms with Gasteiger partial charge < -0.3 is 21.1 Å². The van der Waals surface area contributed by atoms with Gasteiger partial charge in [0.15, 0.2) is 17.0 Å². The summed E-state index contributed by atoms with van der Waals surface area (Å²) in [5.41, 5.74) is 0.501. The summed E-state index contributed by atoms with van der Waals surface area (Å²) in [4.78, 5) is 47.6. The number of aliphatic carboxylic acids is 1. The lowest BCUT2D eigenvalue weighted by Crippen LogP contribution is -2.20. The SMILES string of the molecule is O=C(O)CCCC(=O)Nc1ncnc2c1ncn2-c1ccc(NC(=O)Nc2ccc(Cl)c(C(F)(F)F)c2)cc1. The normalized spacial score (nSPS) is 11.3. The Morgan fingerprint density at radius 1 is 0.923 bits per heavy atom. The van der Waals surface area contributed by atoms with Crippen molar-refractivity contribution < 1.29 is 32.7 Å². The second kappa shape index (κ2) is 11.3. The van der Waals surface area contributed by atoms with Crippen molar-refractivity contribution >= 4 is 57.9 Å². The third kappa shape index (κ3) is 6.78. The molecule has 3 amide bonds. The van der Waals surface area contributed by atoms with Crippen LogP contribution in [0, 0.1) is 0 Å². The molecular formula is C24H19ClF3N7O4. The minimum absolute atomic E-state index is 0.00204. The summed E-state index contributed by atoms with van der Waals surface area (Å²) in [5.74, 6) is -1.23. The van der Waals surface area contributed by atoms with E-state index in [0.717, 1.165) is 12.1 Å². The molecule has 0 saturated heterocycles. The van der Waals surface area contributed by atoms with Crippen molar-refractivity contribution in [1.82, 2.24) is 19.5 Å². The first-order valence-corrected chi connectivity index (χ1v) is 11.6. The molecule has 0 fully saturated rings. The Morgan fingerprint density at radius 2 is 1.62 bits per heavy atom. The van der Waals surface area contributed by atoms with Gasteiger partial charge in [0.1, 0.15) is 12.7 Å². The molecule has 0 aliphatic carbocycles. The fourth-order valence-corrected chi connectivity index (χ4v) is 3.75. The van der Waals surface area contributed by atoms with Crippen molar-refractivity contribution in [2.75, 3.05) is 16.0 Å². The number of nitrogens with zero attached hydrogens (tertiary/aromatic N) is 4. The molecule has 2 aromatic heterocycles. The number of amides is 3. The van der Waals surface area contributed by atoms with Gasteiger partial charge in [-0.3, -0.25) is 14.2 Å². The summed E-state index contributed by atoms with van der Waals surface area (Å²) < 4.78 is 40.8. The van der Waals surface area contributed by atoms with Gasteiger partial charge in [0, 0.05) is 29.9 Å². The molecule has 0 saturated carbocycles. The van der Waals surface area contributed by atoms with Crippen LogP contribution in [-0.4, -0.2) is 42.5 Å². The quantitative estimate of drug-likeness (QED) is 0.227. The number of carboxylic acids is 1. The maximum Gasteiger partial charge on any atom is 0.417 e. The highest BCUT2D eigenvalue weighted by atomic mass is 35.5. The molecule has 0 unspecified atom stereocenters. The molecule has 11 nitrogen and oxygen atoms in total. The van der Waals surface area contributed by atoms with E-state index in [1.54, 1.807) is 28.8 Å². The lowest BCUT2D eigenvalue weighted by molar-refractivity contribution is -0.138. The Hall–Kier alpha value is -4.72.